The van der Waals surface area contributed by atoms with Gasteiger partial charge in [0.15, 0.2) is 5.65 Å². The minimum Gasteiger partial charge on any atom is -0.495 e. The van der Waals surface area contributed by atoms with Crippen LogP contribution < -0.4 is 10.3 Å². The predicted molar refractivity (Wildman–Crippen MR) is 149 cm³/mol. The first kappa shape index (κ1) is 25.5. The number of likely N-dealkylation sites (tertiary alicyclic amines) is 1. The molecule has 14 heteroatoms. The summed E-state index contributed by atoms with van der Waals surface area (Å²) in [6.45, 7) is 0.326. The Morgan fingerprint density at radius 2 is 2.10 bits per heavy atom. The van der Waals surface area contributed by atoms with Gasteiger partial charge >= 0.3 is 5.97 Å². The van der Waals surface area contributed by atoms with Gasteiger partial charge in [-0.1, -0.05) is 29.4 Å². The number of ether oxygens (including phenoxy) is 2. The van der Waals surface area contributed by atoms with Crippen LogP contribution in [0.3, 0.4) is 0 Å². The van der Waals surface area contributed by atoms with Crippen LogP contribution in [-0.2, 0) is 15.3 Å². The number of carbonyl (C=O) groups excluding carboxylic acids is 2. The van der Waals surface area contributed by atoms with E-state index in [0.717, 1.165) is 0 Å². The number of halogens is 1. The molecule has 0 aliphatic carbocycles. The minimum absolute atomic E-state index is 0.228. The number of fused-ring (bicyclic) bond motifs is 4. The minimum atomic E-state index is -0.610. The number of hydrogen-bond donors (Lipinski definition) is 1. The van der Waals surface area contributed by atoms with Crippen LogP contribution in [0.1, 0.15) is 22.6 Å². The van der Waals surface area contributed by atoms with E-state index in [4.69, 9.17) is 26.1 Å². The molecule has 2 unspecified atom stereocenters. The summed E-state index contributed by atoms with van der Waals surface area (Å²) in [5.74, 6) is 0.224. The number of aromatic nitrogens is 6. The Hall–Kier alpha value is -4.49. The lowest BCUT2D eigenvalue weighted by molar-refractivity contribution is -0.149. The van der Waals surface area contributed by atoms with Gasteiger partial charge in [0.25, 0.3) is 11.5 Å². The number of thioether (sulfide) groups is 1. The summed E-state index contributed by atoms with van der Waals surface area (Å²) in [5, 5.41) is 1.12. The van der Waals surface area contributed by atoms with E-state index in [2.05, 4.69) is 19.9 Å². The summed E-state index contributed by atoms with van der Waals surface area (Å²) in [4.78, 5) is 61.8. The topological polar surface area (TPSA) is 145 Å². The van der Waals surface area contributed by atoms with Crippen molar-refractivity contribution >= 4 is 57.3 Å². The van der Waals surface area contributed by atoms with Crippen LogP contribution in [0.2, 0.25) is 5.02 Å². The second-order valence-electron chi connectivity index (χ2n) is 9.53. The molecule has 0 spiro atoms. The van der Waals surface area contributed by atoms with Crippen LogP contribution in [0.4, 0.5) is 0 Å². The molecule has 1 N–H and O–H groups in total. The number of esters is 1. The van der Waals surface area contributed by atoms with Crippen molar-refractivity contribution in [2.45, 2.75) is 29.3 Å². The highest BCUT2D eigenvalue weighted by atomic mass is 35.5. The lowest BCUT2D eigenvalue weighted by Gasteiger charge is -2.26. The summed E-state index contributed by atoms with van der Waals surface area (Å²) < 4.78 is 12.3. The molecule has 2 aromatic carbocycles. The zero-order valence-corrected chi connectivity index (χ0v) is 23.0. The van der Waals surface area contributed by atoms with Crippen molar-refractivity contribution < 1.29 is 19.1 Å². The molecule has 3 aromatic heterocycles. The van der Waals surface area contributed by atoms with Gasteiger partial charge in [-0.05, 0) is 30.3 Å². The molecule has 2 aliphatic rings. The van der Waals surface area contributed by atoms with Crippen molar-refractivity contribution in [3.63, 3.8) is 0 Å². The number of hydrogen-bond acceptors (Lipinski definition) is 10. The van der Waals surface area contributed by atoms with Crippen LogP contribution in [0, 0.1) is 0 Å². The Morgan fingerprint density at radius 1 is 1.22 bits per heavy atom. The van der Waals surface area contributed by atoms with E-state index in [0.29, 0.717) is 57.5 Å². The number of amides is 1. The molecule has 2 saturated heterocycles. The highest BCUT2D eigenvalue weighted by Gasteiger charge is 2.48. The smallest absolute Gasteiger partial charge is 0.329 e. The number of nitrogens with one attached hydrogen (secondary N) is 1. The fourth-order valence-corrected chi connectivity index (χ4v) is 6.43. The normalized spacial score (nSPS) is 17.9. The lowest BCUT2D eigenvalue weighted by atomic mass is 10.1. The summed E-state index contributed by atoms with van der Waals surface area (Å²) in [7, 11) is 1.48. The molecule has 0 saturated carbocycles. The van der Waals surface area contributed by atoms with E-state index in [-0.39, 0.29) is 28.2 Å². The van der Waals surface area contributed by atoms with Gasteiger partial charge < -0.3 is 19.4 Å². The van der Waals surface area contributed by atoms with Crippen molar-refractivity contribution in [2.75, 3.05) is 13.7 Å². The van der Waals surface area contributed by atoms with Crippen molar-refractivity contribution in [3.05, 3.63) is 75.8 Å². The Bertz CT molecular complexity index is 1940. The number of benzene rings is 2. The first-order valence-electron chi connectivity index (χ1n) is 12.6. The van der Waals surface area contributed by atoms with E-state index in [1.165, 1.54) is 41.0 Å². The second kappa shape index (κ2) is 9.85. The van der Waals surface area contributed by atoms with Crippen LogP contribution >= 0.6 is 23.4 Å². The Kier molecular flexibility index (Phi) is 6.12. The molecule has 2 fully saturated rings. The van der Waals surface area contributed by atoms with Crippen LogP contribution in [0.15, 0.2) is 58.9 Å². The number of H-pyrrole nitrogens is 1. The van der Waals surface area contributed by atoms with Crippen molar-refractivity contribution in [1.29, 1.82) is 0 Å². The first-order chi connectivity index (χ1) is 19.9. The van der Waals surface area contributed by atoms with Crippen molar-refractivity contribution in [2.24, 2.45) is 0 Å². The molecule has 41 heavy (non-hydrogen) atoms. The SMILES string of the molecule is COc1ccc(C(=O)N2CC3CC2C(=O)O3)cc1-n1c(CSc2ncnc3nc[nH]c23)nc2cccc(Cl)c2c1=O. The predicted octanol–water partition coefficient (Wildman–Crippen LogP) is 3.15. The molecule has 2 bridgehead atoms. The van der Waals surface area contributed by atoms with Gasteiger partial charge in [-0.3, -0.25) is 14.2 Å². The number of aromatic amines is 1. The average Bonchev–Trinajstić information content (AvgIpc) is 3.71. The monoisotopic (exact) mass is 589 g/mol. The van der Waals surface area contributed by atoms with Gasteiger partial charge in [0.2, 0.25) is 0 Å². The van der Waals surface area contributed by atoms with Gasteiger partial charge in [-0.15, -0.1) is 0 Å². The Labute approximate surface area is 240 Å². The average molecular weight is 590 g/mol. The van der Waals surface area contributed by atoms with E-state index in [9.17, 15) is 14.4 Å². The van der Waals surface area contributed by atoms with Gasteiger partial charge in [-0.25, -0.2) is 24.7 Å². The molecule has 5 heterocycles. The van der Waals surface area contributed by atoms with E-state index >= 15 is 0 Å². The standard InChI is InChI=1S/C27H20ClN7O5S/c1-39-19-6-5-13(25(36)34-9-14-8-18(34)27(38)40-14)7-17(19)35-20(33-16-4-2-3-15(28)21(16)26(35)37)10-41-24-22-23(30-11-29-22)31-12-32-24/h2-7,11-12,14,18H,8-10H2,1H3,(H,29,30,31,32). The third kappa shape index (κ3) is 4.19. The molecule has 1 amide bonds. The number of methoxy groups -OCH3 is 1. The fraction of sp³-hybridized carbons (Fsp3) is 0.222. The lowest BCUT2D eigenvalue weighted by Crippen LogP contribution is -2.44. The number of morpholine rings is 1. The van der Waals surface area contributed by atoms with E-state index < -0.39 is 17.6 Å². The molecule has 0 radical (unpaired) electrons. The van der Waals surface area contributed by atoms with Crippen molar-refractivity contribution in [3.8, 4) is 11.4 Å². The van der Waals surface area contributed by atoms with Crippen LogP contribution in [0.25, 0.3) is 27.8 Å². The maximum absolute atomic E-state index is 14.1. The number of imidazole rings is 1. The molecular formula is C27H20ClN7O5S. The quantitative estimate of drug-likeness (QED) is 0.178. The molecule has 12 nitrogen and oxygen atoms in total. The van der Waals surface area contributed by atoms with Gasteiger partial charge in [-0.2, -0.15) is 0 Å². The molecular weight excluding hydrogens is 570 g/mol. The van der Waals surface area contributed by atoms with Crippen LogP contribution in [-0.4, -0.2) is 72.1 Å². The molecule has 206 valence electrons. The number of carbonyl (C=O) groups is 2. The Balaban J connectivity index is 1.36. The van der Waals surface area contributed by atoms with Gasteiger partial charge in [0, 0.05) is 12.0 Å². The van der Waals surface area contributed by atoms with Crippen molar-refractivity contribution in [1.82, 2.24) is 34.4 Å². The summed E-state index contributed by atoms with van der Waals surface area (Å²) in [5.41, 5.74) is 1.80. The highest BCUT2D eigenvalue weighted by molar-refractivity contribution is 7.98. The molecule has 5 aromatic rings. The zero-order chi connectivity index (χ0) is 28.2. The van der Waals surface area contributed by atoms with Crippen LogP contribution in [0.5, 0.6) is 5.75 Å². The van der Waals surface area contributed by atoms with E-state index in [1.807, 2.05) is 0 Å². The fourth-order valence-electron chi connectivity index (χ4n) is 5.30. The molecule has 2 atom stereocenters. The molecule has 2 aliphatic heterocycles. The number of nitrogens with zero attached hydrogens (tertiary/aromatic N) is 6. The number of rotatable bonds is 6. The third-order valence-corrected chi connectivity index (χ3v) is 8.49. The summed E-state index contributed by atoms with van der Waals surface area (Å²) in [6, 6.07) is 9.27. The largest absolute Gasteiger partial charge is 0.495 e. The highest BCUT2D eigenvalue weighted by Crippen LogP contribution is 2.33. The third-order valence-electron chi connectivity index (χ3n) is 7.19. The summed E-state index contributed by atoms with van der Waals surface area (Å²) >= 11 is 7.81. The maximum Gasteiger partial charge on any atom is 0.329 e. The zero-order valence-electron chi connectivity index (χ0n) is 21.4. The Morgan fingerprint density at radius 3 is 2.90 bits per heavy atom. The maximum atomic E-state index is 14.1. The molecule has 7 rings (SSSR count). The second-order valence-corrected chi connectivity index (χ2v) is 10.9. The van der Waals surface area contributed by atoms with Gasteiger partial charge in [0.1, 0.15) is 40.6 Å². The summed E-state index contributed by atoms with van der Waals surface area (Å²) in [6.07, 6.45) is 3.14. The van der Waals surface area contributed by atoms with Gasteiger partial charge in [0.05, 0.1) is 47.3 Å². The van der Waals surface area contributed by atoms with E-state index in [1.54, 1.807) is 36.4 Å². The first-order valence-corrected chi connectivity index (χ1v) is 14.0.